The first-order chi connectivity index (χ1) is 8.99. The first-order valence-electron chi connectivity index (χ1n) is 5.35. The van der Waals surface area contributed by atoms with Crippen molar-refractivity contribution in [2.45, 2.75) is 6.92 Å². The molecule has 0 atom stereocenters. The van der Waals surface area contributed by atoms with E-state index in [0.717, 1.165) is 0 Å². The highest BCUT2D eigenvalue weighted by atomic mass is 35.5. The maximum atomic E-state index is 11.6. The third kappa shape index (κ3) is 4.29. The highest BCUT2D eigenvalue weighted by Gasteiger charge is 2.19. The van der Waals surface area contributed by atoms with Gasteiger partial charge in [-0.2, -0.15) is 0 Å². The zero-order valence-corrected chi connectivity index (χ0v) is 11.9. The molecule has 0 saturated carbocycles. The third-order valence-corrected chi connectivity index (χ3v) is 2.55. The third-order valence-electron chi connectivity index (χ3n) is 2.05. The summed E-state index contributed by atoms with van der Waals surface area (Å²) in [6.45, 7) is 1.55. The molecule has 0 amide bonds. The lowest BCUT2D eigenvalue weighted by molar-refractivity contribution is -0.145. The summed E-state index contributed by atoms with van der Waals surface area (Å²) in [6.07, 6.45) is 0. The summed E-state index contributed by atoms with van der Waals surface area (Å²) in [4.78, 5) is 22.8. The van der Waals surface area contributed by atoms with E-state index in [2.05, 4.69) is 4.74 Å². The smallest absolute Gasteiger partial charge is 0.344 e. The Bertz CT molecular complexity index is 487. The van der Waals surface area contributed by atoms with Gasteiger partial charge in [0.05, 0.1) is 18.7 Å². The average Bonchev–Trinajstić information content (AvgIpc) is 2.36. The largest absolute Gasteiger partial charge is 0.479 e. The first kappa shape index (κ1) is 15.6. The van der Waals surface area contributed by atoms with E-state index < -0.39 is 11.9 Å². The van der Waals surface area contributed by atoms with Crippen LogP contribution in [0.1, 0.15) is 17.3 Å². The molecule has 0 N–H and O–H groups in total. The van der Waals surface area contributed by atoms with Crippen LogP contribution in [-0.2, 0) is 14.3 Å². The first-order valence-corrected chi connectivity index (χ1v) is 6.11. The number of methoxy groups -OCH3 is 1. The van der Waals surface area contributed by atoms with E-state index in [-0.39, 0.29) is 34.6 Å². The van der Waals surface area contributed by atoms with Crippen molar-refractivity contribution in [2.75, 3.05) is 20.3 Å². The molecule has 7 heteroatoms. The van der Waals surface area contributed by atoms with Crippen LogP contribution in [0.5, 0.6) is 5.75 Å². The van der Waals surface area contributed by atoms with Gasteiger partial charge in [-0.15, -0.1) is 0 Å². The van der Waals surface area contributed by atoms with Crippen molar-refractivity contribution in [3.05, 3.63) is 27.7 Å². The molecule has 0 radical (unpaired) electrons. The molecule has 0 aliphatic heterocycles. The summed E-state index contributed by atoms with van der Waals surface area (Å²) < 4.78 is 14.5. The molecule has 19 heavy (non-hydrogen) atoms. The van der Waals surface area contributed by atoms with Gasteiger partial charge in [-0.3, -0.25) is 0 Å². The number of rotatable bonds is 5. The van der Waals surface area contributed by atoms with Crippen molar-refractivity contribution in [1.82, 2.24) is 0 Å². The second kappa shape index (κ2) is 7.21. The number of esters is 2. The fourth-order valence-electron chi connectivity index (χ4n) is 1.30. The van der Waals surface area contributed by atoms with E-state index in [0.29, 0.717) is 0 Å². The fraction of sp³-hybridized carbons (Fsp3) is 0.333. The molecule has 104 valence electrons. The van der Waals surface area contributed by atoms with Crippen LogP contribution in [0.2, 0.25) is 10.0 Å². The molecule has 0 heterocycles. The molecule has 5 nitrogen and oxygen atoms in total. The highest BCUT2D eigenvalue weighted by Crippen LogP contribution is 2.32. The summed E-state index contributed by atoms with van der Waals surface area (Å²) >= 11 is 11.7. The van der Waals surface area contributed by atoms with Crippen LogP contribution in [0.15, 0.2) is 12.1 Å². The fourth-order valence-corrected chi connectivity index (χ4v) is 1.85. The van der Waals surface area contributed by atoms with Crippen LogP contribution < -0.4 is 4.74 Å². The van der Waals surface area contributed by atoms with Crippen molar-refractivity contribution >= 4 is 35.1 Å². The lowest BCUT2D eigenvalue weighted by atomic mass is 10.2. The number of halogens is 2. The molecule has 0 aliphatic rings. The molecule has 1 aromatic carbocycles. The minimum atomic E-state index is -0.664. The monoisotopic (exact) mass is 306 g/mol. The quantitative estimate of drug-likeness (QED) is 0.783. The molecule has 0 aromatic heterocycles. The summed E-state index contributed by atoms with van der Waals surface area (Å²) in [5.41, 5.74) is 0.0456. The van der Waals surface area contributed by atoms with Gasteiger partial charge in [0.15, 0.2) is 12.4 Å². The molecule has 0 aliphatic carbocycles. The van der Waals surface area contributed by atoms with Crippen molar-refractivity contribution in [2.24, 2.45) is 0 Å². The summed E-state index contributed by atoms with van der Waals surface area (Å²) in [6, 6.07) is 2.75. The number of benzene rings is 1. The van der Waals surface area contributed by atoms with Crippen molar-refractivity contribution in [3.8, 4) is 5.75 Å². The van der Waals surface area contributed by atoms with Crippen molar-refractivity contribution in [1.29, 1.82) is 0 Å². The molecular formula is C12H12Cl2O5. The Kier molecular flexibility index (Phi) is 5.92. The zero-order valence-electron chi connectivity index (χ0n) is 10.4. The van der Waals surface area contributed by atoms with Gasteiger partial charge >= 0.3 is 11.9 Å². The van der Waals surface area contributed by atoms with Gasteiger partial charge in [-0.1, -0.05) is 23.2 Å². The van der Waals surface area contributed by atoms with E-state index in [9.17, 15) is 9.59 Å². The van der Waals surface area contributed by atoms with Crippen LogP contribution >= 0.6 is 23.2 Å². The predicted molar refractivity (Wildman–Crippen MR) is 69.9 cm³/mol. The molecule has 1 rings (SSSR count). The molecule has 0 fully saturated rings. The van der Waals surface area contributed by atoms with Crippen LogP contribution in [0, 0.1) is 0 Å². The second-order valence-corrected chi connectivity index (χ2v) is 4.19. The zero-order chi connectivity index (χ0) is 14.4. The summed E-state index contributed by atoms with van der Waals surface area (Å²) in [5, 5.41) is 0.367. The number of carbonyl (C=O) groups is 2. The lowest BCUT2D eigenvalue weighted by Gasteiger charge is -2.12. The van der Waals surface area contributed by atoms with E-state index >= 15 is 0 Å². The second-order valence-electron chi connectivity index (χ2n) is 3.35. The lowest BCUT2D eigenvalue weighted by Crippen LogP contribution is -2.16. The molecule has 0 bridgehead atoms. The summed E-state index contributed by atoms with van der Waals surface area (Å²) in [7, 11) is 1.21. The van der Waals surface area contributed by atoms with Crippen LogP contribution in [-0.4, -0.2) is 32.3 Å². The van der Waals surface area contributed by atoms with E-state index in [1.54, 1.807) is 6.92 Å². The van der Waals surface area contributed by atoms with Gasteiger partial charge in [-0.05, 0) is 19.1 Å². The van der Waals surface area contributed by atoms with Crippen molar-refractivity contribution in [3.63, 3.8) is 0 Å². The van der Waals surface area contributed by atoms with Crippen LogP contribution in [0.4, 0.5) is 0 Å². The minimum absolute atomic E-state index is 0.0333. The van der Waals surface area contributed by atoms with Gasteiger partial charge in [-0.25, -0.2) is 9.59 Å². The minimum Gasteiger partial charge on any atom is -0.479 e. The van der Waals surface area contributed by atoms with Gasteiger partial charge < -0.3 is 14.2 Å². The average molecular weight is 307 g/mol. The van der Waals surface area contributed by atoms with Crippen LogP contribution in [0.3, 0.4) is 0 Å². The maximum absolute atomic E-state index is 11.6. The van der Waals surface area contributed by atoms with Gasteiger partial charge in [0, 0.05) is 5.02 Å². The predicted octanol–water partition coefficient (Wildman–Crippen LogP) is 2.72. The number of ether oxygens (including phenoxy) is 3. The SMILES string of the molecule is CCOC(=O)COc1c(Cl)cc(Cl)cc1C(=O)OC. The Balaban J connectivity index is 2.98. The van der Waals surface area contributed by atoms with Crippen molar-refractivity contribution < 1.29 is 23.8 Å². The number of carbonyl (C=O) groups excluding carboxylic acids is 2. The Morgan fingerprint density at radius 3 is 2.53 bits per heavy atom. The Morgan fingerprint density at radius 1 is 1.26 bits per heavy atom. The van der Waals surface area contributed by atoms with Crippen LogP contribution in [0.25, 0.3) is 0 Å². The molecule has 0 spiro atoms. The standard InChI is InChI=1S/C12H12Cl2O5/c1-3-18-10(15)6-19-11-8(12(16)17-2)4-7(13)5-9(11)14/h4-5H,3,6H2,1-2H3. The van der Waals surface area contributed by atoms with E-state index in [1.165, 1.54) is 19.2 Å². The van der Waals surface area contributed by atoms with Gasteiger partial charge in [0.25, 0.3) is 0 Å². The Hall–Kier alpha value is -1.46. The number of hydrogen-bond donors (Lipinski definition) is 0. The van der Waals surface area contributed by atoms with E-state index in [1.807, 2.05) is 0 Å². The summed E-state index contributed by atoms with van der Waals surface area (Å²) in [5.74, 6) is -1.20. The molecule has 0 unspecified atom stereocenters. The molecule has 1 aromatic rings. The Labute approximate surface area is 120 Å². The topological polar surface area (TPSA) is 61.8 Å². The maximum Gasteiger partial charge on any atom is 0.344 e. The molecule has 0 saturated heterocycles. The Morgan fingerprint density at radius 2 is 1.95 bits per heavy atom. The normalized spacial score (nSPS) is 9.89. The molecular weight excluding hydrogens is 295 g/mol. The van der Waals surface area contributed by atoms with Gasteiger partial charge in [0.1, 0.15) is 5.56 Å². The van der Waals surface area contributed by atoms with E-state index in [4.69, 9.17) is 32.7 Å². The number of hydrogen-bond acceptors (Lipinski definition) is 5. The van der Waals surface area contributed by atoms with Gasteiger partial charge in [0.2, 0.25) is 0 Å². The highest BCUT2D eigenvalue weighted by molar-refractivity contribution is 6.36.